The molecule has 1 saturated heterocycles. The van der Waals surface area contributed by atoms with E-state index in [1.165, 1.54) is 11.0 Å². The number of piperidine rings is 1. The Kier molecular flexibility index (Phi) is 4.14. The van der Waals surface area contributed by atoms with Gasteiger partial charge in [-0.15, -0.1) is 0 Å². The Morgan fingerprint density at radius 3 is 2.75 bits per heavy atom. The lowest BCUT2D eigenvalue weighted by molar-refractivity contribution is -0.385. The zero-order valence-corrected chi connectivity index (χ0v) is 11.1. The first kappa shape index (κ1) is 14.2. The number of pyridine rings is 1. The number of amides is 1. The molecule has 1 aliphatic rings. The van der Waals surface area contributed by atoms with Crippen LogP contribution < -0.4 is 5.32 Å². The number of rotatable bonds is 3. The van der Waals surface area contributed by atoms with Crippen LogP contribution in [0.2, 0.25) is 0 Å². The summed E-state index contributed by atoms with van der Waals surface area (Å²) >= 11 is 0. The number of anilines is 1. The van der Waals surface area contributed by atoms with Gasteiger partial charge in [0.05, 0.1) is 11.0 Å². The fourth-order valence-electron chi connectivity index (χ4n) is 2.14. The number of nitro groups is 1. The standard InChI is InChI=1S/C12H16N4O4/c1-13-11-6-9(10(7-14-11)16(19)20)12(18)15-4-2-8(17)3-5-15/h6-8,17H,2-5H2,1H3,(H,13,14). The van der Waals surface area contributed by atoms with Gasteiger partial charge in [0, 0.05) is 26.2 Å². The molecule has 2 heterocycles. The van der Waals surface area contributed by atoms with E-state index in [4.69, 9.17) is 0 Å². The molecule has 8 heteroatoms. The number of nitrogens with zero attached hydrogens (tertiary/aromatic N) is 3. The minimum Gasteiger partial charge on any atom is -0.393 e. The highest BCUT2D eigenvalue weighted by Crippen LogP contribution is 2.23. The van der Waals surface area contributed by atoms with Crippen molar-refractivity contribution in [1.82, 2.24) is 9.88 Å². The van der Waals surface area contributed by atoms with Crippen molar-refractivity contribution in [2.24, 2.45) is 0 Å². The molecule has 2 N–H and O–H groups in total. The largest absolute Gasteiger partial charge is 0.393 e. The van der Waals surface area contributed by atoms with Gasteiger partial charge in [-0.1, -0.05) is 0 Å². The molecule has 0 saturated carbocycles. The second kappa shape index (κ2) is 5.83. The first-order valence-corrected chi connectivity index (χ1v) is 6.32. The van der Waals surface area contributed by atoms with Gasteiger partial charge in [-0.25, -0.2) is 4.98 Å². The molecule has 0 bridgehead atoms. The molecule has 0 atom stereocenters. The number of carbonyl (C=O) groups is 1. The fourth-order valence-corrected chi connectivity index (χ4v) is 2.14. The normalized spacial score (nSPS) is 16.0. The van der Waals surface area contributed by atoms with Gasteiger partial charge in [0.2, 0.25) is 0 Å². The molecule has 2 rings (SSSR count). The molecule has 0 unspecified atom stereocenters. The number of likely N-dealkylation sites (tertiary alicyclic amines) is 1. The average Bonchev–Trinajstić information content (AvgIpc) is 2.46. The summed E-state index contributed by atoms with van der Waals surface area (Å²) in [6.45, 7) is 0.794. The van der Waals surface area contributed by atoms with Crippen LogP contribution >= 0.6 is 0 Å². The van der Waals surface area contributed by atoms with Gasteiger partial charge in [-0.05, 0) is 12.8 Å². The lowest BCUT2D eigenvalue weighted by Gasteiger charge is -2.29. The van der Waals surface area contributed by atoms with E-state index < -0.39 is 16.9 Å². The third kappa shape index (κ3) is 2.85. The number of hydrogen-bond donors (Lipinski definition) is 2. The van der Waals surface area contributed by atoms with Gasteiger partial charge in [0.25, 0.3) is 11.6 Å². The van der Waals surface area contributed by atoms with Crippen LogP contribution in [0.1, 0.15) is 23.2 Å². The van der Waals surface area contributed by atoms with E-state index in [1.807, 2.05) is 0 Å². The van der Waals surface area contributed by atoms with Crippen molar-refractivity contribution < 1.29 is 14.8 Å². The summed E-state index contributed by atoms with van der Waals surface area (Å²) in [5.74, 6) is -0.00139. The predicted molar refractivity (Wildman–Crippen MR) is 71.6 cm³/mol. The van der Waals surface area contributed by atoms with Crippen molar-refractivity contribution in [3.05, 3.63) is 27.9 Å². The molecular weight excluding hydrogens is 264 g/mol. The summed E-state index contributed by atoms with van der Waals surface area (Å²) in [5.41, 5.74) is -0.286. The van der Waals surface area contributed by atoms with Gasteiger partial charge in [0.1, 0.15) is 17.6 Å². The van der Waals surface area contributed by atoms with Crippen molar-refractivity contribution in [2.45, 2.75) is 18.9 Å². The van der Waals surface area contributed by atoms with Crippen LogP contribution in [-0.4, -0.2) is 52.1 Å². The zero-order valence-electron chi connectivity index (χ0n) is 11.1. The minimum atomic E-state index is -0.613. The fraction of sp³-hybridized carbons (Fsp3) is 0.500. The highest BCUT2D eigenvalue weighted by Gasteiger charge is 2.28. The second-order valence-electron chi connectivity index (χ2n) is 4.62. The summed E-state index contributed by atoms with van der Waals surface area (Å²) < 4.78 is 0. The summed E-state index contributed by atoms with van der Waals surface area (Å²) in [5, 5.41) is 23.2. The van der Waals surface area contributed by atoms with Crippen LogP contribution in [0.3, 0.4) is 0 Å². The molecule has 1 aromatic heterocycles. The lowest BCUT2D eigenvalue weighted by atomic mass is 10.1. The van der Waals surface area contributed by atoms with Crippen LogP contribution in [0.15, 0.2) is 12.3 Å². The van der Waals surface area contributed by atoms with Crippen molar-refractivity contribution >= 4 is 17.4 Å². The van der Waals surface area contributed by atoms with Crippen molar-refractivity contribution in [2.75, 3.05) is 25.5 Å². The van der Waals surface area contributed by atoms with E-state index >= 15 is 0 Å². The number of carbonyl (C=O) groups excluding carboxylic acids is 1. The van der Waals surface area contributed by atoms with E-state index in [9.17, 15) is 20.0 Å². The van der Waals surface area contributed by atoms with Crippen LogP contribution in [-0.2, 0) is 0 Å². The molecule has 1 aromatic rings. The molecule has 1 aliphatic heterocycles. The first-order chi connectivity index (χ1) is 9.52. The number of aromatic nitrogens is 1. The smallest absolute Gasteiger partial charge is 0.300 e. The van der Waals surface area contributed by atoms with Crippen molar-refractivity contribution in [3.8, 4) is 0 Å². The molecular formula is C12H16N4O4. The van der Waals surface area contributed by atoms with Crippen LogP contribution in [0, 0.1) is 10.1 Å². The molecule has 108 valence electrons. The maximum absolute atomic E-state index is 12.4. The van der Waals surface area contributed by atoms with Crippen LogP contribution in [0.25, 0.3) is 0 Å². The van der Waals surface area contributed by atoms with Gasteiger partial charge >= 0.3 is 0 Å². The van der Waals surface area contributed by atoms with Gasteiger partial charge in [0.15, 0.2) is 0 Å². The van der Waals surface area contributed by atoms with Crippen molar-refractivity contribution in [3.63, 3.8) is 0 Å². The highest BCUT2D eigenvalue weighted by molar-refractivity contribution is 5.98. The van der Waals surface area contributed by atoms with E-state index in [-0.39, 0.29) is 11.3 Å². The highest BCUT2D eigenvalue weighted by atomic mass is 16.6. The SMILES string of the molecule is CNc1cc(C(=O)N2CCC(O)CC2)c([N+](=O)[O-])cn1. The van der Waals surface area contributed by atoms with E-state index in [2.05, 4.69) is 10.3 Å². The third-order valence-corrected chi connectivity index (χ3v) is 3.32. The van der Waals surface area contributed by atoms with Crippen LogP contribution in [0.4, 0.5) is 11.5 Å². The average molecular weight is 280 g/mol. The first-order valence-electron chi connectivity index (χ1n) is 6.32. The Balaban J connectivity index is 2.30. The molecule has 0 radical (unpaired) electrons. The Hall–Kier alpha value is -2.22. The Morgan fingerprint density at radius 1 is 1.55 bits per heavy atom. The maximum Gasteiger partial charge on any atom is 0.300 e. The maximum atomic E-state index is 12.4. The molecule has 1 fully saturated rings. The number of nitrogens with one attached hydrogen (secondary N) is 1. The summed E-state index contributed by atoms with van der Waals surface area (Å²) in [6.07, 6.45) is 1.66. The molecule has 20 heavy (non-hydrogen) atoms. The lowest BCUT2D eigenvalue weighted by Crippen LogP contribution is -2.40. The zero-order chi connectivity index (χ0) is 14.7. The van der Waals surface area contributed by atoms with Gasteiger partial charge in [-0.2, -0.15) is 0 Å². The summed E-state index contributed by atoms with van der Waals surface area (Å²) in [7, 11) is 1.62. The third-order valence-electron chi connectivity index (χ3n) is 3.32. The number of hydrogen-bond acceptors (Lipinski definition) is 6. The summed E-state index contributed by atoms with van der Waals surface area (Å²) in [6, 6.07) is 1.38. The topological polar surface area (TPSA) is 109 Å². The second-order valence-corrected chi connectivity index (χ2v) is 4.62. The molecule has 1 amide bonds. The number of aliphatic hydroxyl groups is 1. The molecule has 0 aromatic carbocycles. The van der Waals surface area contributed by atoms with E-state index in [1.54, 1.807) is 7.05 Å². The minimum absolute atomic E-state index is 0.0192. The summed E-state index contributed by atoms with van der Waals surface area (Å²) in [4.78, 5) is 28.1. The number of aliphatic hydroxyl groups excluding tert-OH is 1. The van der Waals surface area contributed by atoms with Gasteiger partial charge in [-0.3, -0.25) is 14.9 Å². The van der Waals surface area contributed by atoms with Crippen LogP contribution in [0.5, 0.6) is 0 Å². The monoisotopic (exact) mass is 280 g/mol. The molecule has 0 spiro atoms. The quantitative estimate of drug-likeness (QED) is 0.621. The van der Waals surface area contributed by atoms with Gasteiger partial charge < -0.3 is 15.3 Å². The Bertz CT molecular complexity index is 526. The Labute approximate surface area is 115 Å². The Morgan fingerprint density at radius 2 is 2.20 bits per heavy atom. The van der Waals surface area contributed by atoms with E-state index in [0.717, 1.165) is 6.20 Å². The predicted octanol–water partition coefficient (Wildman–Crippen LogP) is 0.628. The molecule has 8 nitrogen and oxygen atoms in total. The van der Waals surface area contributed by atoms with E-state index in [0.29, 0.717) is 31.7 Å². The van der Waals surface area contributed by atoms with Crippen molar-refractivity contribution in [1.29, 1.82) is 0 Å². The molecule has 0 aliphatic carbocycles.